The second-order valence-electron chi connectivity index (χ2n) is 4.35. The predicted molar refractivity (Wildman–Crippen MR) is 73.8 cm³/mol. The van der Waals surface area contributed by atoms with Crippen molar-refractivity contribution in [3.63, 3.8) is 0 Å². The maximum atomic E-state index is 5.68. The fourth-order valence-electron chi connectivity index (χ4n) is 1.85. The van der Waals surface area contributed by atoms with E-state index in [0.717, 1.165) is 30.8 Å². The summed E-state index contributed by atoms with van der Waals surface area (Å²) < 4.78 is 7.51. The summed E-state index contributed by atoms with van der Waals surface area (Å²) in [4.78, 5) is 0. The summed E-state index contributed by atoms with van der Waals surface area (Å²) in [6.07, 6.45) is 3.63. The molecule has 0 aliphatic rings. The molecule has 5 heteroatoms. The van der Waals surface area contributed by atoms with E-state index in [1.165, 1.54) is 5.56 Å². The van der Waals surface area contributed by atoms with Crippen molar-refractivity contribution in [2.24, 2.45) is 5.73 Å². The molecule has 0 amide bonds. The molecule has 0 unspecified atom stereocenters. The van der Waals surface area contributed by atoms with Gasteiger partial charge in [0.2, 0.25) is 0 Å². The van der Waals surface area contributed by atoms with Crippen LogP contribution in [0.2, 0.25) is 0 Å². The highest BCUT2D eigenvalue weighted by atomic mass is 16.5. The van der Waals surface area contributed by atoms with Crippen LogP contribution in [0.3, 0.4) is 0 Å². The maximum Gasteiger partial charge on any atom is 0.119 e. The van der Waals surface area contributed by atoms with Gasteiger partial charge in [0.25, 0.3) is 0 Å². The summed E-state index contributed by atoms with van der Waals surface area (Å²) in [5.41, 5.74) is 7.86. The predicted octanol–water partition coefficient (Wildman–Crippen LogP) is 1.77. The Kier molecular flexibility index (Phi) is 4.92. The van der Waals surface area contributed by atoms with E-state index in [1.54, 1.807) is 6.20 Å². The van der Waals surface area contributed by atoms with E-state index >= 15 is 0 Å². The Morgan fingerprint density at radius 1 is 1.26 bits per heavy atom. The van der Waals surface area contributed by atoms with Gasteiger partial charge in [-0.05, 0) is 24.1 Å². The number of aromatic nitrogens is 3. The van der Waals surface area contributed by atoms with Crippen LogP contribution in [0.15, 0.2) is 30.5 Å². The van der Waals surface area contributed by atoms with Gasteiger partial charge >= 0.3 is 0 Å². The first-order chi connectivity index (χ1) is 9.33. The van der Waals surface area contributed by atoms with Gasteiger partial charge in [-0.15, -0.1) is 5.10 Å². The first-order valence-corrected chi connectivity index (χ1v) is 6.62. The molecule has 2 N–H and O–H groups in total. The molecule has 2 rings (SSSR count). The number of aryl methyl sites for hydroxylation is 2. The van der Waals surface area contributed by atoms with Crippen molar-refractivity contribution in [1.82, 2.24) is 15.0 Å². The van der Waals surface area contributed by atoms with Gasteiger partial charge in [0.15, 0.2) is 0 Å². The molecule has 1 heterocycles. The van der Waals surface area contributed by atoms with Gasteiger partial charge in [-0.25, -0.2) is 4.68 Å². The Bertz CT molecular complexity index is 492. The first-order valence-electron chi connectivity index (χ1n) is 6.62. The Hall–Kier alpha value is -1.88. The third-order valence-electron chi connectivity index (χ3n) is 3.02. The molecular weight excluding hydrogens is 240 g/mol. The number of hydrogen-bond donors (Lipinski definition) is 1. The SMILES string of the molecule is CCc1ccc(OCCCn2nncc2CN)cc1. The quantitative estimate of drug-likeness (QED) is 0.770. The van der Waals surface area contributed by atoms with Crippen LogP contribution in [0.5, 0.6) is 5.75 Å². The van der Waals surface area contributed by atoms with Gasteiger partial charge < -0.3 is 10.5 Å². The second kappa shape index (κ2) is 6.89. The Balaban J connectivity index is 1.74. The van der Waals surface area contributed by atoms with E-state index in [0.29, 0.717) is 13.2 Å². The van der Waals surface area contributed by atoms with Crippen molar-refractivity contribution in [2.45, 2.75) is 32.9 Å². The van der Waals surface area contributed by atoms with E-state index in [-0.39, 0.29) is 0 Å². The van der Waals surface area contributed by atoms with Gasteiger partial charge in [0, 0.05) is 19.5 Å². The Morgan fingerprint density at radius 3 is 2.74 bits per heavy atom. The summed E-state index contributed by atoms with van der Waals surface area (Å²) >= 11 is 0. The molecule has 5 nitrogen and oxygen atoms in total. The molecule has 0 saturated carbocycles. The summed E-state index contributed by atoms with van der Waals surface area (Å²) in [6.45, 7) is 4.05. The van der Waals surface area contributed by atoms with Crippen molar-refractivity contribution < 1.29 is 4.74 Å². The van der Waals surface area contributed by atoms with Crippen LogP contribution in [-0.2, 0) is 19.5 Å². The topological polar surface area (TPSA) is 66.0 Å². The Morgan fingerprint density at radius 2 is 2.05 bits per heavy atom. The van der Waals surface area contributed by atoms with Gasteiger partial charge in [-0.1, -0.05) is 24.3 Å². The molecule has 1 aromatic heterocycles. The number of benzene rings is 1. The monoisotopic (exact) mass is 260 g/mol. The van der Waals surface area contributed by atoms with Crippen molar-refractivity contribution in [3.8, 4) is 5.75 Å². The average Bonchev–Trinajstić information content (AvgIpc) is 2.91. The fraction of sp³-hybridized carbons (Fsp3) is 0.429. The Labute approximate surface area is 113 Å². The molecule has 0 radical (unpaired) electrons. The van der Waals surface area contributed by atoms with Crippen molar-refractivity contribution in [2.75, 3.05) is 6.61 Å². The van der Waals surface area contributed by atoms with Crippen molar-refractivity contribution >= 4 is 0 Å². The summed E-state index contributed by atoms with van der Waals surface area (Å²) in [5, 5.41) is 7.83. The van der Waals surface area contributed by atoms with Gasteiger partial charge in [0.1, 0.15) is 5.75 Å². The fourth-order valence-corrected chi connectivity index (χ4v) is 1.85. The highest BCUT2D eigenvalue weighted by Gasteiger charge is 2.01. The highest BCUT2D eigenvalue weighted by molar-refractivity contribution is 5.27. The molecule has 0 aliphatic carbocycles. The van der Waals surface area contributed by atoms with E-state index in [4.69, 9.17) is 10.5 Å². The lowest BCUT2D eigenvalue weighted by Gasteiger charge is -2.07. The summed E-state index contributed by atoms with van der Waals surface area (Å²) in [6, 6.07) is 8.22. The zero-order valence-corrected chi connectivity index (χ0v) is 11.2. The van der Waals surface area contributed by atoms with Crippen LogP contribution in [0.4, 0.5) is 0 Å². The normalized spacial score (nSPS) is 10.6. The van der Waals surface area contributed by atoms with E-state index in [1.807, 2.05) is 16.8 Å². The van der Waals surface area contributed by atoms with E-state index in [2.05, 4.69) is 29.4 Å². The number of hydrogen-bond acceptors (Lipinski definition) is 4. The second-order valence-corrected chi connectivity index (χ2v) is 4.35. The smallest absolute Gasteiger partial charge is 0.119 e. The summed E-state index contributed by atoms with van der Waals surface area (Å²) in [7, 11) is 0. The van der Waals surface area contributed by atoms with E-state index < -0.39 is 0 Å². The molecule has 0 spiro atoms. The molecular formula is C14H20N4O. The number of nitrogens with zero attached hydrogens (tertiary/aromatic N) is 3. The minimum absolute atomic E-state index is 0.465. The minimum Gasteiger partial charge on any atom is -0.494 e. The molecule has 0 saturated heterocycles. The van der Waals surface area contributed by atoms with Crippen LogP contribution in [-0.4, -0.2) is 21.6 Å². The summed E-state index contributed by atoms with van der Waals surface area (Å²) in [5.74, 6) is 0.912. The molecule has 19 heavy (non-hydrogen) atoms. The van der Waals surface area contributed by atoms with Gasteiger partial charge in [-0.3, -0.25) is 0 Å². The van der Waals surface area contributed by atoms with Gasteiger partial charge in [-0.2, -0.15) is 0 Å². The molecule has 0 bridgehead atoms. The third kappa shape index (κ3) is 3.79. The largest absolute Gasteiger partial charge is 0.494 e. The molecule has 102 valence electrons. The zero-order valence-electron chi connectivity index (χ0n) is 11.2. The van der Waals surface area contributed by atoms with Crippen LogP contribution in [0, 0.1) is 0 Å². The molecule has 0 aliphatic heterocycles. The zero-order chi connectivity index (χ0) is 13.5. The van der Waals surface area contributed by atoms with Crippen molar-refractivity contribution in [1.29, 1.82) is 0 Å². The minimum atomic E-state index is 0.465. The lowest BCUT2D eigenvalue weighted by Crippen LogP contribution is -2.11. The first kappa shape index (κ1) is 13.5. The number of rotatable bonds is 7. The third-order valence-corrected chi connectivity index (χ3v) is 3.02. The lowest BCUT2D eigenvalue weighted by atomic mass is 10.2. The van der Waals surface area contributed by atoms with Gasteiger partial charge in [0.05, 0.1) is 18.5 Å². The van der Waals surface area contributed by atoms with Crippen LogP contribution < -0.4 is 10.5 Å². The van der Waals surface area contributed by atoms with Crippen molar-refractivity contribution in [3.05, 3.63) is 41.7 Å². The lowest BCUT2D eigenvalue weighted by molar-refractivity contribution is 0.297. The van der Waals surface area contributed by atoms with Crippen LogP contribution in [0.1, 0.15) is 24.6 Å². The molecule has 2 aromatic rings. The number of nitrogens with two attached hydrogens (primary N) is 1. The van der Waals surface area contributed by atoms with E-state index in [9.17, 15) is 0 Å². The van der Waals surface area contributed by atoms with Crippen LogP contribution in [0.25, 0.3) is 0 Å². The highest BCUT2D eigenvalue weighted by Crippen LogP contribution is 2.12. The average molecular weight is 260 g/mol. The molecule has 0 fully saturated rings. The standard InChI is InChI=1S/C14H20N4O/c1-2-12-4-6-14(7-5-12)19-9-3-8-18-13(10-15)11-16-17-18/h4-7,11H,2-3,8-10,15H2,1H3. The number of ether oxygens (including phenoxy) is 1. The molecule has 1 aromatic carbocycles. The molecule has 0 atom stereocenters. The maximum absolute atomic E-state index is 5.68. The van der Waals surface area contributed by atoms with Crippen LogP contribution >= 0.6 is 0 Å².